The first-order valence-corrected chi connectivity index (χ1v) is 19.5. The molecular formula is C44H40BrN3O3S. The molecular weight excluding hydrogens is 730 g/mol. The molecule has 5 aromatic rings. The lowest BCUT2D eigenvalue weighted by molar-refractivity contribution is -0.115. The molecule has 0 radical (unpaired) electrons. The zero-order valence-electron chi connectivity index (χ0n) is 29.3. The minimum Gasteiger partial charge on any atom is -0.490 e. The van der Waals surface area contributed by atoms with Gasteiger partial charge in [-0.2, -0.15) is 0 Å². The first-order valence-electron chi connectivity index (χ1n) is 17.9. The molecule has 0 aliphatic carbocycles. The maximum atomic E-state index is 13.4. The van der Waals surface area contributed by atoms with Crippen molar-refractivity contribution in [3.8, 4) is 11.5 Å². The van der Waals surface area contributed by atoms with Gasteiger partial charge in [0.15, 0.2) is 16.7 Å². The second-order valence-corrected chi connectivity index (χ2v) is 15.4. The van der Waals surface area contributed by atoms with Crippen LogP contribution in [0.4, 0.5) is 11.4 Å². The third-order valence-corrected chi connectivity index (χ3v) is 11.5. The van der Waals surface area contributed by atoms with Crippen molar-refractivity contribution >= 4 is 56.2 Å². The monoisotopic (exact) mass is 769 g/mol. The van der Waals surface area contributed by atoms with Gasteiger partial charge in [-0.15, -0.1) is 0 Å². The lowest BCUT2D eigenvalue weighted by Crippen LogP contribution is -2.37. The van der Waals surface area contributed by atoms with Crippen molar-refractivity contribution in [1.29, 1.82) is 0 Å². The highest BCUT2D eigenvalue weighted by molar-refractivity contribution is 9.10. The Labute approximate surface area is 318 Å². The molecule has 2 atom stereocenters. The van der Waals surface area contributed by atoms with Gasteiger partial charge in [-0.05, 0) is 118 Å². The Hall–Kier alpha value is -4.79. The van der Waals surface area contributed by atoms with Crippen molar-refractivity contribution in [2.45, 2.75) is 45.1 Å². The number of ether oxygens (including phenoxy) is 2. The molecule has 8 rings (SSSR count). The van der Waals surface area contributed by atoms with Gasteiger partial charge in [-0.3, -0.25) is 4.79 Å². The van der Waals surface area contributed by atoms with Crippen LogP contribution in [-0.4, -0.2) is 30.8 Å². The fraction of sp³-hybridized carbons (Fsp3) is 0.227. The van der Waals surface area contributed by atoms with Crippen molar-refractivity contribution < 1.29 is 14.3 Å². The van der Waals surface area contributed by atoms with Crippen LogP contribution in [0.3, 0.4) is 0 Å². The fourth-order valence-corrected chi connectivity index (χ4v) is 8.98. The van der Waals surface area contributed by atoms with Gasteiger partial charge in [0.2, 0.25) is 0 Å². The van der Waals surface area contributed by atoms with Crippen molar-refractivity contribution in [3.63, 3.8) is 0 Å². The molecule has 52 heavy (non-hydrogen) atoms. The molecule has 0 saturated carbocycles. The van der Waals surface area contributed by atoms with Crippen LogP contribution >= 0.6 is 27.7 Å². The summed E-state index contributed by atoms with van der Waals surface area (Å²) in [4.78, 5) is 21.6. The van der Waals surface area contributed by atoms with Crippen LogP contribution in [0.5, 0.6) is 11.5 Å². The quantitative estimate of drug-likeness (QED) is 0.151. The fourth-order valence-electron chi connectivity index (χ4n) is 7.57. The molecule has 0 bridgehead atoms. The number of hydrogen-bond acceptors (Lipinski definition) is 6. The average molecular weight is 771 g/mol. The molecule has 1 saturated heterocycles. The number of amidine groups is 1. The number of anilines is 1. The minimum atomic E-state index is -0.174. The van der Waals surface area contributed by atoms with Crippen molar-refractivity contribution in [2.24, 2.45) is 4.99 Å². The summed E-state index contributed by atoms with van der Waals surface area (Å²) in [7, 11) is 0. The Balaban J connectivity index is 1.11. The molecule has 1 amide bonds. The predicted molar refractivity (Wildman–Crippen MR) is 216 cm³/mol. The van der Waals surface area contributed by atoms with Gasteiger partial charge in [-0.25, -0.2) is 4.99 Å². The molecule has 8 heteroatoms. The van der Waals surface area contributed by atoms with E-state index >= 15 is 0 Å². The molecule has 3 heterocycles. The highest BCUT2D eigenvalue weighted by Crippen LogP contribution is 2.50. The Morgan fingerprint density at radius 3 is 2.12 bits per heavy atom. The maximum absolute atomic E-state index is 13.4. The molecule has 3 aliphatic heterocycles. The second kappa shape index (κ2) is 15.1. The van der Waals surface area contributed by atoms with Gasteiger partial charge >= 0.3 is 0 Å². The third kappa shape index (κ3) is 7.14. The summed E-state index contributed by atoms with van der Waals surface area (Å²) in [6.07, 6.45) is 3.99. The van der Waals surface area contributed by atoms with Crippen molar-refractivity contribution in [1.82, 2.24) is 5.32 Å². The summed E-state index contributed by atoms with van der Waals surface area (Å²) in [5.41, 5.74) is 10.6. The van der Waals surface area contributed by atoms with E-state index in [1.54, 1.807) is 0 Å². The maximum Gasteiger partial charge on any atom is 0.264 e. The van der Waals surface area contributed by atoms with Crippen molar-refractivity contribution in [2.75, 3.05) is 24.6 Å². The van der Waals surface area contributed by atoms with E-state index < -0.39 is 0 Å². The first-order chi connectivity index (χ1) is 25.4. The van der Waals surface area contributed by atoms with E-state index in [0.717, 1.165) is 47.2 Å². The number of carbonyl (C=O) groups is 1. The molecule has 0 unspecified atom stereocenters. The van der Waals surface area contributed by atoms with Gasteiger partial charge in [0.25, 0.3) is 5.91 Å². The van der Waals surface area contributed by atoms with Crippen LogP contribution in [0.2, 0.25) is 0 Å². The van der Waals surface area contributed by atoms with Crippen LogP contribution < -0.4 is 19.7 Å². The van der Waals surface area contributed by atoms with E-state index in [1.807, 2.05) is 25.1 Å². The molecule has 1 N–H and O–H groups in total. The Morgan fingerprint density at radius 1 is 0.865 bits per heavy atom. The van der Waals surface area contributed by atoms with Gasteiger partial charge in [0.05, 0.1) is 21.7 Å². The van der Waals surface area contributed by atoms with Crippen LogP contribution in [0.15, 0.2) is 124 Å². The van der Waals surface area contributed by atoms with Gasteiger partial charge in [-0.1, -0.05) is 90.5 Å². The summed E-state index contributed by atoms with van der Waals surface area (Å²) >= 11 is 5.06. The van der Waals surface area contributed by atoms with E-state index in [4.69, 9.17) is 14.5 Å². The molecule has 3 aliphatic rings. The molecule has 0 spiro atoms. The van der Waals surface area contributed by atoms with E-state index in [-0.39, 0.29) is 17.7 Å². The molecule has 1 fully saturated rings. The number of aliphatic imine (C=N–C) groups is 1. The average Bonchev–Trinajstić information content (AvgIpc) is 3.50. The zero-order valence-corrected chi connectivity index (χ0v) is 31.7. The van der Waals surface area contributed by atoms with Gasteiger partial charge in [0, 0.05) is 30.6 Å². The number of nitrogens with zero attached hydrogens (tertiary/aromatic N) is 2. The summed E-state index contributed by atoms with van der Waals surface area (Å²) in [5.74, 6) is 1.64. The van der Waals surface area contributed by atoms with Crippen LogP contribution in [0, 0.1) is 6.92 Å². The second-order valence-electron chi connectivity index (χ2n) is 13.5. The van der Waals surface area contributed by atoms with Crippen LogP contribution in [0.25, 0.3) is 6.08 Å². The van der Waals surface area contributed by atoms with Crippen LogP contribution in [-0.2, 0) is 11.4 Å². The number of benzene rings is 5. The number of aryl methyl sites for hydroxylation is 1. The smallest absolute Gasteiger partial charge is 0.264 e. The predicted octanol–water partition coefficient (Wildman–Crippen LogP) is 10.5. The Kier molecular flexibility index (Phi) is 9.93. The van der Waals surface area contributed by atoms with Gasteiger partial charge < -0.3 is 19.7 Å². The molecule has 6 nitrogen and oxygen atoms in total. The van der Waals surface area contributed by atoms with E-state index in [9.17, 15) is 4.79 Å². The summed E-state index contributed by atoms with van der Waals surface area (Å²) in [6, 6.07) is 38.3. The normalized spacial score (nSPS) is 19.4. The summed E-state index contributed by atoms with van der Waals surface area (Å²) in [6.45, 7) is 6.99. The third-order valence-electron chi connectivity index (χ3n) is 10.0. The summed E-state index contributed by atoms with van der Waals surface area (Å²) < 4.78 is 13.0. The molecule has 262 valence electrons. The van der Waals surface area contributed by atoms with Gasteiger partial charge in [0.1, 0.15) is 6.61 Å². The molecule has 0 aromatic heterocycles. The highest BCUT2D eigenvalue weighted by atomic mass is 79.9. The standard InChI is InChI=1S/C44H40BrN3O3S/c1-3-50-39-23-30(22-38(45)42(39)51-27-29-16-14-28(2)15-17-29)24-40-43(49)47-44(52-40)46-33-25-36-34(31-10-6-4-7-11-31)18-20-48-21-19-35(37(26-33)41(36)48)32-12-8-5-9-13-32/h4-17,22-26,34-35H,3,18-21,27H2,1-2H3,(H,46,47,49)/b40-24-/t34-,35+. The van der Waals surface area contributed by atoms with E-state index in [0.29, 0.717) is 34.8 Å². The van der Waals surface area contributed by atoms with E-state index in [2.05, 4.69) is 130 Å². The number of thioether (sulfide) groups is 1. The lowest BCUT2D eigenvalue weighted by Gasteiger charge is -2.43. The largest absolute Gasteiger partial charge is 0.490 e. The number of halogens is 1. The number of nitrogens with one attached hydrogen (secondary N) is 1. The van der Waals surface area contributed by atoms with Crippen LogP contribution in [0.1, 0.15) is 70.5 Å². The Bertz CT molecular complexity index is 2100. The first kappa shape index (κ1) is 34.3. The highest BCUT2D eigenvalue weighted by Gasteiger charge is 2.35. The number of rotatable bonds is 9. The molecule has 5 aromatic carbocycles. The van der Waals surface area contributed by atoms with Crippen molar-refractivity contribution in [3.05, 3.63) is 158 Å². The zero-order chi connectivity index (χ0) is 35.6. The number of carbonyl (C=O) groups excluding carboxylic acids is 1. The topological polar surface area (TPSA) is 63.2 Å². The van der Waals surface area contributed by atoms with E-state index in [1.165, 1.54) is 45.3 Å². The number of hydrogen-bond donors (Lipinski definition) is 1. The lowest BCUT2D eigenvalue weighted by atomic mass is 9.76. The summed E-state index contributed by atoms with van der Waals surface area (Å²) in [5, 5.41) is 3.61. The SMILES string of the molecule is CCOc1cc(/C=C2\SC(=Nc3cc4c5c(c3)[C@H](c3ccccc3)CCN5CC[C@@H]4c3ccccc3)NC2=O)cc(Br)c1OCc1ccc(C)cc1. The minimum absolute atomic E-state index is 0.174. The Morgan fingerprint density at radius 2 is 1.50 bits per heavy atom. The number of amides is 1.